The highest BCUT2D eigenvalue weighted by Gasteiger charge is 2.14. The fourth-order valence-electron chi connectivity index (χ4n) is 2.48. The van der Waals surface area contributed by atoms with Gasteiger partial charge in [0.1, 0.15) is 11.1 Å². The summed E-state index contributed by atoms with van der Waals surface area (Å²) in [5.41, 5.74) is 3.21. The lowest BCUT2D eigenvalue weighted by molar-refractivity contribution is 0.0602. The van der Waals surface area contributed by atoms with Gasteiger partial charge in [-0.2, -0.15) is 0 Å². The van der Waals surface area contributed by atoms with Crippen LogP contribution in [0.3, 0.4) is 0 Å². The normalized spacial score (nSPS) is 11.3. The highest BCUT2D eigenvalue weighted by atomic mass is 35.5. The monoisotopic (exact) mass is 373 g/mol. The first kappa shape index (κ1) is 16.0. The van der Waals surface area contributed by atoms with Gasteiger partial charge in [0.25, 0.3) is 5.22 Å². The fourth-order valence-corrected chi connectivity index (χ4v) is 3.37. The molecule has 0 aliphatic carbocycles. The van der Waals surface area contributed by atoms with Crippen LogP contribution in [0, 0.1) is 0 Å². The highest BCUT2D eigenvalue weighted by molar-refractivity contribution is 7.98. The number of hydrogen-bond donors (Lipinski definition) is 0. The lowest BCUT2D eigenvalue weighted by Gasteiger charge is -2.00. The number of ether oxygens (including phenoxy) is 1. The zero-order valence-corrected chi connectivity index (χ0v) is 14.7. The van der Waals surface area contributed by atoms with E-state index in [4.69, 9.17) is 20.8 Å². The molecule has 126 valence electrons. The van der Waals surface area contributed by atoms with Gasteiger partial charge in [-0.3, -0.25) is 0 Å². The summed E-state index contributed by atoms with van der Waals surface area (Å²) in [6, 6.07) is 8.79. The van der Waals surface area contributed by atoms with E-state index in [9.17, 15) is 4.79 Å². The molecule has 0 N–H and O–H groups in total. The van der Waals surface area contributed by atoms with E-state index in [0.29, 0.717) is 32.8 Å². The van der Waals surface area contributed by atoms with Crippen molar-refractivity contribution >= 4 is 46.1 Å². The van der Waals surface area contributed by atoms with Gasteiger partial charge in [0.2, 0.25) is 0 Å². The van der Waals surface area contributed by atoms with Gasteiger partial charge in [0, 0.05) is 23.2 Å². The molecule has 3 aromatic heterocycles. The third kappa shape index (κ3) is 3.08. The fraction of sp³-hybridized carbons (Fsp3) is 0.118. The molecule has 4 aromatic rings. The minimum Gasteiger partial charge on any atom is -0.465 e. The van der Waals surface area contributed by atoms with Crippen molar-refractivity contribution in [1.29, 1.82) is 0 Å². The number of thioether (sulfide) groups is 1. The number of imidazole rings is 1. The van der Waals surface area contributed by atoms with Gasteiger partial charge in [-0.25, -0.2) is 14.8 Å². The van der Waals surface area contributed by atoms with Crippen LogP contribution in [0.2, 0.25) is 5.02 Å². The van der Waals surface area contributed by atoms with E-state index in [1.807, 2.05) is 12.4 Å². The van der Waals surface area contributed by atoms with Gasteiger partial charge < -0.3 is 13.6 Å². The summed E-state index contributed by atoms with van der Waals surface area (Å²) in [4.78, 5) is 20.7. The summed E-state index contributed by atoms with van der Waals surface area (Å²) < 4.78 is 12.3. The maximum Gasteiger partial charge on any atom is 0.341 e. The molecule has 0 unspecified atom stereocenters. The van der Waals surface area contributed by atoms with Gasteiger partial charge >= 0.3 is 5.97 Å². The first-order valence-electron chi connectivity index (χ1n) is 7.38. The third-order valence-corrected chi connectivity index (χ3v) is 4.71. The number of hydrogen-bond acceptors (Lipinski definition) is 6. The molecule has 0 radical (unpaired) electrons. The third-order valence-electron chi connectivity index (χ3n) is 3.61. The Hall–Kier alpha value is -2.51. The predicted molar refractivity (Wildman–Crippen MR) is 95.1 cm³/mol. The maximum atomic E-state index is 11.8. The quantitative estimate of drug-likeness (QED) is 0.394. The van der Waals surface area contributed by atoms with Crippen molar-refractivity contribution in [3.63, 3.8) is 0 Å². The van der Waals surface area contributed by atoms with E-state index in [2.05, 4.69) is 9.97 Å². The number of fused-ring (bicyclic) bond motifs is 2. The number of aromatic nitrogens is 3. The van der Waals surface area contributed by atoms with Crippen LogP contribution in [-0.2, 0) is 10.5 Å². The van der Waals surface area contributed by atoms with Crippen LogP contribution in [-0.4, -0.2) is 27.4 Å². The molecule has 0 fully saturated rings. The molecule has 0 spiro atoms. The molecule has 0 bridgehead atoms. The van der Waals surface area contributed by atoms with Gasteiger partial charge in [-0.15, -0.1) is 0 Å². The number of halogens is 1. The number of nitrogens with zero attached hydrogens (tertiary/aromatic N) is 3. The van der Waals surface area contributed by atoms with E-state index in [1.165, 1.54) is 18.9 Å². The number of esters is 1. The largest absolute Gasteiger partial charge is 0.465 e. The van der Waals surface area contributed by atoms with E-state index in [-0.39, 0.29) is 0 Å². The molecule has 6 nitrogen and oxygen atoms in total. The number of oxazole rings is 1. The number of carbonyl (C=O) groups is 1. The van der Waals surface area contributed by atoms with Crippen molar-refractivity contribution in [2.75, 3.05) is 7.11 Å². The smallest absolute Gasteiger partial charge is 0.341 e. The van der Waals surface area contributed by atoms with Crippen LogP contribution in [0.5, 0.6) is 0 Å². The topological polar surface area (TPSA) is 69.6 Å². The lowest BCUT2D eigenvalue weighted by Crippen LogP contribution is -2.03. The molecule has 0 aliphatic heterocycles. The van der Waals surface area contributed by atoms with E-state index in [1.54, 1.807) is 34.7 Å². The molecular formula is C17H12ClN3O3S. The van der Waals surface area contributed by atoms with Crippen molar-refractivity contribution in [2.45, 2.75) is 11.0 Å². The molecule has 4 rings (SSSR count). The highest BCUT2D eigenvalue weighted by Crippen LogP contribution is 2.27. The number of pyridine rings is 1. The van der Waals surface area contributed by atoms with Crippen molar-refractivity contribution < 1.29 is 13.9 Å². The zero-order chi connectivity index (χ0) is 17.4. The lowest BCUT2D eigenvalue weighted by atomic mass is 10.3. The number of benzene rings is 1. The summed E-state index contributed by atoms with van der Waals surface area (Å²) in [5, 5.41) is 1.16. The van der Waals surface area contributed by atoms with Gasteiger partial charge in [0.05, 0.1) is 12.8 Å². The summed E-state index contributed by atoms with van der Waals surface area (Å²) in [5.74, 6) is 0.147. The second-order valence-electron chi connectivity index (χ2n) is 5.26. The molecule has 0 amide bonds. The Balaban J connectivity index is 1.58. The van der Waals surface area contributed by atoms with Crippen LogP contribution >= 0.6 is 23.4 Å². The van der Waals surface area contributed by atoms with Crippen molar-refractivity contribution in [1.82, 2.24) is 14.4 Å². The van der Waals surface area contributed by atoms with Gasteiger partial charge in [-0.05, 0) is 30.3 Å². The standard InChI is InChI=1S/C17H12ClN3O3S/c1-23-16(22)12-3-2-6-21-8-11(19-15(12)21)9-25-17-20-13-7-10(18)4-5-14(13)24-17/h2-8H,9H2,1H3. The van der Waals surface area contributed by atoms with Crippen LogP contribution in [0.15, 0.2) is 52.4 Å². The second kappa shape index (κ2) is 6.42. The van der Waals surface area contributed by atoms with Crippen LogP contribution in [0.1, 0.15) is 16.1 Å². The molecule has 3 heterocycles. The summed E-state index contributed by atoms with van der Waals surface area (Å²) >= 11 is 7.39. The number of carbonyl (C=O) groups excluding carboxylic acids is 1. The van der Waals surface area contributed by atoms with Gasteiger partial charge in [0.15, 0.2) is 11.2 Å². The molecule has 0 saturated heterocycles. The molecule has 0 saturated carbocycles. The Kier molecular flexibility index (Phi) is 4.10. The molecule has 25 heavy (non-hydrogen) atoms. The Bertz CT molecular complexity index is 1090. The minimum atomic E-state index is -0.411. The van der Waals surface area contributed by atoms with Crippen LogP contribution in [0.25, 0.3) is 16.7 Å². The SMILES string of the molecule is COC(=O)c1cccn2cc(CSc3nc4cc(Cl)ccc4o3)nc12. The Morgan fingerprint density at radius 2 is 2.24 bits per heavy atom. The molecule has 0 aliphatic rings. The second-order valence-corrected chi connectivity index (χ2v) is 6.62. The van der Waals surface area contributed by atoms with Crippen LogP contribution < -0.4 is 0 Å². The molecular weight excluding hydrogens is 362 g/mol. The number of rotatable bonds is 4. The average Bonchev–Trinajstić information content (AvgIpc) is 3.21. The number of methoxy groups -OCH3 is 1. The van der Waals surface area contributed by atoms with E-state index < -0.39 is 5.97 Å². The average molecular weight is 374 g/mol. The first-order valence-corrected chi connectivity index (χ1v) is 8.74. The predicted octanol–water partition coefficient (Wildman–Crippen LogP) is 4.21. The van der Waals surface area contributed by atoms with E-state index in [0.717, 1.165) is 11.2 Å². The molecule has 1 aromatic carbocycles. The molecule has 0 atom stereocenters. The molecule has 8 heteroatoms. The summed E-state index contributed by atoms with van der Waals surface area (Å²) in [7, 11) is 1.35. The van der Waals surface area contributed by atoms with Crippen molar-refractivity contribution in [3.8, 4) is 0 Å². The summed E-state index contributed by atoms with van der Waals surface area (Å²) in [6.07, 6.45) is 3.71. The van der Waals surface area contributed by atoms with Crippen molar-refractivity contribution in [3.05, 3.63) is 59.0 Å². The van der Waals surface area contributed by atoms with Gasteiger partial charge in [-0.1, -0.05) is 23.4 Å². The Morgan fingerprint density at radius 1 is 1.36 bits per heavy atom. The zero-order valence-electron chi connectivity index (χ0n) is 13.1. The summed E-state index contributed by atoms with van der Waals surface area (Å²) in [6.45, 7) is 0. The first-order chi connectivity index (χ1) is 12.1. The Labute approximate surface area is 151 Å². The Morgan fingerprint density at radius 3 is 3.08 bits per heavy atom. The maximum absolute atomic E-state index is 11.8. The van der Waals surface area contributed by atoms with Crippen LogP contribution in [0.4, 0.5) is 0 Å². The van der Waals surface area contributed by atoms with E-state index >= 15 is 0 Å². The van der Waals surface area contributed by atoms with Crippen molar-refractivity contribution in [2.24, 2.45) is 0 Å². The minimum absolute atomic E-state index is 0.411.